The van der Waals surface area contributed by atoms with Crippen LogP contribution in [0.25, 0.3) is 16.4 Å². The molecule has 0 bridgehead atoms. The van der Waals surface area contributed by atoms with Crippen molar-refractivity contribution in [1.82, 2.24) is 4.40 Å². The topological polar surface area (TPSA) is 69.0 Å². The summed E-state index contributed by atoms with van der Waals surface area (Å²) in [6.07, 6.45) is -2.71. The fraction of sp³-hybridized carbons (Fsp3) is 0.167. The Kier molecular flexibility index (Phi) is 5.95. The van der Waals surface area contributed by atoms with Crippen LogP contribution < -0.4 is 10.1 Å². The summed E-state index contributed by atoms with van der Waals surface area (Å²) >= 11 is 0. The largest absolute Gasteiger partial charge is 0.484 e. The lowest BCUT2D eigenvalue weighted by Crippen LogP contribution is -2.20. The minimum absolute atomic E-state index is 0.0190. The maximum atomic E-state index is 12.8. The first-order valence-corrected chi connectivity index (χ1v) is 10.1. The highest BCUT2D eigenvalue weighted by Gasteiger charge is 2.30. The molecule has 0 atom stereocenters. The zero-order chi connectivity index (χ0) is 23.6. The van der Waals surface area contributed by atoms with E-state index in [-0.39, 0.29) is 12.3 Å². The normalized spacial score (nSPS) is 11.5. The number of anilines is 1. The van der Waals surface area contributed by atoms with Crippen molar-refractivity contribution in [2.75, 3.05) is 18.5 Å². The Bertz CT molecular complexity index is 1340. The van der Waals surface area contributed by atoms with Crippen molar-refractivity contribution >= 4 is 34.0 Å². The van der Waals surface area contributed by atoms with Gasteiger partial charge < -0.3 is 19.2 Å². The summed E-state index contributed by atoms with van der Waals surface area (Å²) in [7, 11) is 0. The molecule has 1 amide bonds. The predicted octanol–water partition coefficient (Wildman–Crippen LogP) is 5.31. The van der Waals surface area contributed by atoms with E-state index in [0.717, 1.165) is 12.1 Å². The Labute approximate surface area is 186 Å². The van der Waals surface area contributed by atoms with Gasteiger partial charge in [-0.3, -0.25) is 4.79 Å². The fourth-order valence-corrected chi connectivity index (χ4v) is 3.54. The molecule has 6 nitrogen and oxygen atoms in total. The Hall–Kier alpha value is -4.01. The molecule has 33 heavy (non-hydrogen) atoms. The molecule has 0 radical (unpaired) electrons. The number of carbonyl (C=O) groups is 2. The SMILES string of the molecule is CCOC(=O)c1c2ccc(OCC(=O)Nc3cccc(C(F)(F)F)c3)cc2n2ccccc12. The number of amides is 1. The molecular formula is C24H19F3N2O4. The van der Waals surface area contributed by atoms with Crippen LogP contribution in [0, 0.1) is 0 Å². The summed E-state index contributed by atoms with van der Waals surface area (Å²) in [6.45, 7) is 1.57. The second-order valence-electron chi connectivity index (χ2n) is 7.15. The van der Waals surface area contributed by atoms with Crippen LogP contribution in [-0.4, -0.2) is 29.5 Å². The average molecular weight is 456 g/mol. The Morgan fingerprint density at radius 1 is 1.00 bits per heavy atom. The number of hydrogen-bond acceptors (Lipinski definition) is 4. The highest BCUT2D eigenvalue weighted by atomic mass is 19.4. The molecule has 170 valence electrons. The molecule has 4 aromatic rings. The number of esters is 1. The number of fused-ring (bicyclic) bond motifs is 3. The molecule has 0 aliphatic heterocycles. The minimum atomic E-state index is -4.50. The van der Waals surface area contributed by atoms with Crippen LogP contribution >= 0.6 is 0 Å². The average Bonchev–Trinajstić information content (AvgIpc) is 3.11. The van der Waals surface area contributed by atoms with Gasteiger partial charge in [-0.1, -0.05) is 12.1 Å². The van der Waals surface area contributed by atoms with Crippen LogP contribution in [0.15, 0.2) is 66.9 Å². The second kappa shape index (κ2) is 8.85. The van der Waals surface area contributed by atoms with Crippen LogP contribution in [0.4, 0.5) is 18.9 Å². The predicted molar refractivity (Wildman–Crippen MR) is 116 cm³/mol. The van der Waals surface area contributed by atoms with Crippen LogP contribution in [0.3, 0.4) is 0 Å². The van der Waals surface area contributed by atoms with Gasteiger partial charge in [0, 0.05) is 23.3 Å². The third-order valence-electron chi connectivity index (χ3n) is 4.94. The Balaban J connectivity index is 1.54. The van der Waals surface area contributed by atoms with Crippen LogP contribution in [0.5, 0.6) is 5.75 Å². The van der Waals surface area contributed by atoms with E-state index in [1.807, 2.05) is 16.5 Å². The number of ether oxygens (including phenoxy) is 2. The molecule has 4 rings (SSSR count). The summed E-state index contributed by atoms with van der Waals surface area (Å²) in [6, 6.07) is 14.8. The van der Waals surface area contributed by atoms with Crippen molar-refractivity contribution in [3.8, 4) is 5.75 Å². The maximum absolute atomic E-state index is 12.8. The quantitative estimate of drug-likeness (QED) is 0.400. The number of pyridine rings is 1. The third-order valence-corrected chi connectivity index (χ3v) is 4.94. The van der Waals surface area contributed by atoms with Gasteiger partial charge in [0.25, 0.3) is 5.91 Å². The van der Waals surface area contributed by atoms with E-state index in [9.17, 15) is 22.8 Å². The van der Waals surface area contributed by atoms with E-state index in [0.29, 0.717) is 27.7 Å². The van der Waals surface area contributed by atoms with Crippen molar-refractivity contribution in [3.63, 3.8) is 0 Å². The molecule has 1 N–H and O–H groups in total. The summed E-state index contributed by atoms with van der Waals surface area (Å²) in [5, 5.41) is 3.06. The van der Waals surface area contributed by atoms with Crippen LogP contribution in [-0.2, 0) is 15.7 Å². The number of rotatable bonds is 6. The molecular weight excluding hydrogens is 437 g/mol. The maximum Gasteiger partial charge on any atom is 0.416 e. The number of alkyl halides is 3. The monoisotopic (exact) mass is 456 g/mol. The Morgan fingerprint density at radius 3 is 2.58 bits per heavy atom. The van der Waals surface area contributed by atoms with E-state index < -0.39 is 30.2 Å². The zero-order valence-corrected chi connectivity index (χ0v) is 17.5. The fourth-order valence-electron chi connectivity index (χ4n) is 3.54. The molecule has 2 aromatic carbocycles. The van der Waals surface area contributed by atoms with Gasteiger partial charge in [-0.2, -0.15) is 13.2 Å². The van der Waals surface area contributed by atoms with Crippen LogP contribution in [0.1, 0.15) is 22.8 Å². The third kappa shape index (κ3) is 4.62. The highest BCUT2D eigenvalue weighted by molar-refractivity contribution is 6.12. The van der Waals surface area contributed by atoms with Crippen molar-refractivity contribution in [2.24, 2.45) is 0 Å². The van der Waals surface area contributed by atoms with Gasteiger partial charge in [-0.25, -0.2) is 4.79 Å². The van der Waals surface area contributed by atoms with Gasteiger partial charge >= 0.3 is 12.1 Å². The first-order chi connectivity index (χ1) is 15.8. The van der Waals surface area contributed by atoms with E-state index >= 15 is 0 Å². The minimum Gasteiger partial charge on any atom is -0.484 e. The molecule has 0 fully saturated rings. The van der Waals surface area contributed by atoms with Crippen molar-refractivity contribution < 1.29 is 32.2 Å². The number of benzene rings is 2. The summed E-state index contributed by atoms with van der Waals surface area (Å²) in [4.78, 5) is 24.7. The molecule has 0 aliphatic rings. The second-order valence-corrected chi connectivity index (χ2v) is 7.15. The first-order valence-electron chi connectivity index (χ1n) is 10.1. The lowest BCUT2D eigenvalue weighted by atomic mass is 10.1. The van der Waals surface area contributed by atoms with Gasteiger partial charge in [-0.05, 0) is 49.4 Å². The van der Waals surface area contributed by atoms with E-state index in [2.05, 4.69) is 5.32 Å². The molecule has 9 heteroatoms. The number of carbonyl (C=O) groups excluding carboxylic acids is 2. The number of nitrogens with zero attached hydrogens (tertiary/aromatic N) is 1. The number of aromatic nitrogens is 1. The molecule has 0 unspecified atom stereocenters. The molecule has 0 aliphatic carbocycles. The molecule has 2 aromatic heterocycles. The summed E-state index contributed by atoms with van der Waals surface area (Å²) in [5.74, 6) is -0.688. The smallest absolute Gasteiger partial charge is 0.416 e. The van der Waals surface area contributed by atoms with Gasteiger partial charge in [0.1, 0.15) is 5.75 Å². The molecule has 0 saturated carbocycles. The van der Waals surface area contributed by atoms with Crippen molar-refractivity contribution in [1.29, 1.82) is 0 Å². The van der Waals surface area contributed by atoms with Crippen molar-refractivity contribution in [2.45, 2.75) is 13.1 Å². The number of halogens is 3. The van der Waals surface area contributed by atoms with Gasteiger partial charge in [0.2, 0.25) is 0 Å². The standard InChI is InChI=1S/C24H19F3N2O4/c1-2-32-23(31)22-18-10-9-17(13-20(18)29-11-4-3-8-19(22)29)33-14-21(30)28-16-7-5-6-15(12-16)24(25,26)27/h3-13H,2,14H2,1H3,(H,28,30). The van der Waals surface area contributed by atoms with Gasteiger partial charge in [0.15, 0.2) is 6.61 Å². The summed E-state index contributed by atoms with van der Waals surface area (Å²) < 4.78 is 51.1. The van der Waals surface area contributed by atoms with E-state index in [1.54, 1.807) is 37.4 Å². The lowest BCUT2D eigenvalue weighted by Gasteiger charge is -2.10. The Morgan fingerprint density at radius 2 is 1.82 bits per heavy atom. The van der Waals surface area contributed by atoms with Crippen molar-refractivity contribution in [3.05, 3.63) is 78.0 Å². The first kappa shape index (κ1) is 22.2. The molecule has 0 saturated heterocycles. The van der Waals surface area contributed by atoms with E-state index in [1.165, 1.54) is 12.1 Å². The number of hydrogen-bond donors (Lipinski definition) is 1. The molecule has 2 heterocycles. The molecule has 0 spiro atoms. The highest BCUT2D eigenvalue weighted by Crippen LogP contribution is 2.31. The number of nitrogens with one attached hydrogen (secondary N) is 1. The van der Waals surface area contributed by atoms with Gasteiger partial charge in [0.05, 0.1) is 28.8 Å². The van der Waals surface area contributed by atoms with Gasteiger partial charge in [-0.15, -0.1) is 0 Å². The van der Waals surface area contributed by atoms with E-state index in [4.69, 9.17) is 9.47 Å². The van der Waals surface area contributed by atoms with Crippen LogP contribution in [0.2, 0.25) is 0 Å². The lowest BCUT2D eigenvalue weighted by molar-refractivity contribution is -0.137. The zero-order valence-electron chi connectivity index (χ0n) is 17.5. The summed E-state index contributed by atoms with van der Waals surface area (Å²) in [5.41, 5.74) is 0.950.